The van der Waals surface area contributed by atoms with Crippen LogP contribution in [0.2, 0.25) is 0 Å². The SMILES string of the molecule is Cc1ncc(Br)cc1NS(=O)(=O)N1CCC(C)(C)CC1. The van der Waals surface area contributed by atoms with Crippen LogP contribution in [0, 0.1) is 12.3 Å². The third-order valence-electron chi connectivity index (χ3n) is 3.71. The third-order valence-corrected chi connectivity index (χ3v) is 5.66. The van der Waals surface area contributed by atoms with E-state index in [1.807, 2.05) is 0 Å². The summed E-state index contributed by atoms with van der Waals surface area (Å²) in [6, 6.07) is 1.73. The lowest BCUT2D eigenvalue weighted by Gasteiger charge is -2.36. The molecule has 0 atom stereocenters. The van der Waals surface area contributed by atoms with Gasteiger partial charge in [0.25, 0.3) is 0 Å². The van der Waals surface area contributed by atoms with Crippen LogP contribution in [0.1, 0.15) is 32.4 Å². The molecule has 0 aromatic carbocycles. The second kappa shape index (κ2) is 5.61. The highest BCUT2D eigenvalue weighted by molar-refractivity contribution is 9.10. The molecule has 0 amide bonds. The van der Waals surface area contributed by atoms with Gasteiger partial charge >= 0.3 is 10.2 Å². The van der Waals surface area contributed by atoms with Crippen molar-refractivity contribution in [1.82, 2.24) is 9.29 Å². The molecular formula is C13H20BrN3O2S. The van der Waals surface area contributed by atoms with Gasteiger partial charge in [0.15, 0.2) is 0 Å². The van der Waals surface area contributed by atoms with Gasteiger partial charge in [-0.2, -0.15) is 12.7 Å². The van der Waals surface area contributed by atoms with E-state index in [0.717, 1.165) is 17.3 Å². The van der Waals surface area contributed by atoms with E-state index in [4.69, 9.17) is 0 Å². The van der Waals surface area contributed by atoms with Crippen LogP contribution >= 0.6 is 15.9 Å². The van der Waals surface area contributed by atoms with Crippen LogP contribution in [-0.4, -0.2) is 30.8 Å². The second-order valence-corrected chi connectivity index (χ2v) is 8.54. The average molecular weight is 362 g/mol. The molecule has 20 heavy (non-hydrogen) atoms. The normalized spacial score (nSPS) is 19.8. The number of anilines is 1. The van der Waals surface area contributed by atoms with Gasteiger partial charge < -0.3 is 0 Å². The molecule has 1 aromatic rings. The number of aromatic nitrogens is 1. The molecule has 1 fully saturated rings. The quantitative estimate of drug-likeness (QED) is 0.899. The minimum Gasteiger partial charge on any atom is -0.269 e. The van der Waals surface area contributed by atoms with Crippen LogP contribution in [0.25, 0.3) is 0 Å². The summed E-state index contributed by atoms with van der Waals surface area (Å²) < 4.78 is 29.7. The Balaban J connectivity index is 2.14. The first kappa shape index (κ1) is 15.7. The Hall–Kier alpha value is -0.660. The molecule has 0 bridgehead atoms. The third kappa shape index (κ3) is 3.71. The van der Waals surface area contributed by atoms with Gasteiger partial charge in [0.05, 0.1) is 11.4 Å². The van der Waals surface area contributed by atoms with Crippen molar-refractivity contribution in [1.29, 1.82) is 0 Å². The fourth-order valence-electron chi connectivity index (χ4n) is 2.15. The number of nitrogens with zero attached hydrogens (tertiary/aromatic N) is 2. The predicted octanol–water partition coefficient (Wildman–Crippen LogP) is 2.93. The molecule has 1 N–H and O–H groups in total. The van der Waals surface area contributed by atoms with E-state index in [9.17, 15) is 8.42 Å². The molecule has 7 heteroatoms. The Kier molecular flexibility index (Phi) is 4.41. The summed E-state index contributed by atoms with van der Waals surface area (Å²) in [5.41, 5.74) is 1.40. The number of rotatable bonds is 3. The lowest BCUT2D eigenvalue weighted by molar-refractivity contribution is 0.196. The molecule has 0 radical (unpaired) electrons. The molecule has 0 unspecified atom stereocenters. The highest BCUT2D eigenvalue weighted by Gasteiger charge is 2.31. The molecule has 1 aliphatic heterocycles. The van der Waals surface area contributed by atoms with Crippen LogP contribution in [-0.2, 0) is 10.2 Å². The molecule has 112 valence electrons. The first-order valence-electron chi connectivity index (χ1n) is 6.60. The highest BCUT2D eigenvalue weighted by Crippen LogP contribution is 2.31. The molecule has 1 aliphatic rings. The topological polar surface area (TPSA) is 62.3 Å². The van der Waals surface area contributed by atoms with Crippen molar-refractivity contribution in [3.05, 3.63) is 22.4 Å². The van der Waals surface area contributed by atoms with Gasteiger partial charge in [-0.05, 0) is 47.2 Å². The second-order valence-electron chi connectivity index (χ2n) is 5.96. The van der Waals surface area contributed by atoms with Gasteiger partial charge in [0.2, 0.25) is 0 Å². The Morgan fingerprint density at radius 3 is 2.55 bits per heavy atom. The van der Waals surface area contributed by atoms with E-state index in [2.05, 4.69) is 39.5 Å². The van der Waals surface area contributed by atoms with Crippen molar-refractivity contribution in [2.75, 3.05) is 17.8 Å². The molecule has 2 heterocycles. The molecule has 1 saturated heterocycles. The number of aryl methyl sites for hydroxylation is 1. The number of hydrogen-bond donors (Lipinski definition) is 1. The molecule has 5 nitrogen and oxygen atoms in total. The first-order valence-corrected chi connectivity index (χ1v) is 8.83. The van der Waals surface area contributed by atoms with Crippen molar-refractivity contribution in [3.63, 3.8) is 0 Å². The Labute approximate surface area is 129 Å². The average Bonchev–Trinajstić information content (AvgIpc) is 2.33. The summed E-state index contributed by atoms with van der Waals surface area (Å²) in [7, 11) is -3.50. The van der Waals surface area contributed by atoms with Gasteiger partial charge in [0, 0.05) is 23.8 Å². The number of hydrogen-bond acceptors (Lipinski definition) is 3. The summed E-state index contributed by atoms with van der Waals surface area (Å²) in [6.07, 6.45) is 3.41. The maximum atomic E-state index is 12.4. The molecule has 0 aliphatic carbocycles. The van der Waals surface area contributed by atoms with Crippen molar-refractivity contribution in [2.45, 2.75) is 33.6 Å². The standard InChI is InChI=1S/C13H20BrN3O2S/c1-10-12(8-11(14)9-15-10)16-20(18,19)17-6-4-13(2,3)5-7-17/h8-9,16H,4-7H2,1-3H3. The minimum atomic E-state index is -3.50. The summed E-state index contributed by atoms with van der Waals surface area (Å²) >= 11 is 3.30. The van der Waals surface area contributed by atoms with Crippen LogP contribution in [0.4, 0.5) is 5.69 Å². The van der Waals surface area contributed by atoms with Crippen molar-refractivity contribution >= 4 is 31.8 Å². The fourth-order valence-corrected chi connectivity index (χ4v) is 3.75. The van der Waals surface area contributed by atoms with Gasteiger partial charge in [-0.15, -0.1) is 0 Å². The van der Waals surface area contributed by atoms with Gasteiger partial charge in [-0.1, -0.05) is 13.8 Å². The van der Waals surface area contributed by atoms with E-state index in [-0.39, 0.29) is 5.41 Å². The number of nitrogens with one attached hydrogen (secondary N) is 1. The highest BCUT2D eigenvalue weighted by atomic mass is 79.9. The first-order chi connectivity index (χ1) is 9.20. The molecular weight excluding hydrogens is 342 g/mol. The van der Waals surface area contributed by atoms with Crippen LogP contribution < -0.4 is 4.72 Å². The Morgan fingerprint density at radius 2 is 1.95 bits per heavy atom. The Bertz CT molecular complexity index is 592. The zero-order valence-corrected chi connectivity index (χ0v) is 14.4. The molecule has 0 saturated carbocycles. The van der Waals surface area contributed by atoms with Crippen LogP contribution in [0.5, 0.6) is 0 Å². The van der Waals surface area contributed by atoms with Crippen molar-refractivity contribution < 1.29 is 8.42 Å². The van der Waals surface area contributed by atoms with Gasteiger partial charge in [0.1, 0.15) is 0 Å². The number of piperidine rings is 1. The lowest BCUT2D eigenvalue weighted by Crippen LogP contribution is -2.43. The van der Waals surface area contributed by atoms with Crippen LogP contribution in [0.15, 0.2) is 16.7 Å². The fraction of sp³-hybridized carbons (Fsp3) is 0.615. The van der Waals surface area contributed by atoms with Crippen molar-refractivity contribution in [3.8, 4) is 0 Å². The van der Waals surface area contributed by atoms with E-state index in [1.54, 1.807) is 19.2 Å². The maximum absolute atomic E-state index is 12.4. The summed E-state index contributed by atoms with van der Waals surface area (Å²) in [4.78, 5) is 4.14. The predicted molar refractivity (Wildman–Crippen MR) is 83.8 cm³/mol. The van der Waals surface area contributed by atoms with E-state index in [0.29, 0.717) is 24.5 Å². The number of pyridine rings is 1. The van der Waals surface area contributed by atoms with E-state index < -0.39 is 10.2 Å². The molecule has 1 aromatic heterocycles. The summed E-state index contributed by atoms with van der Waals surface area (Å²) in [6.45, 7) is 7.24. The monoisotopic (exact) mass is 361 g/mol. The van der Waals surface area contributed by atoms with Crippen LogP contribution in [0.3, 0.4) is 0 Å². The maximum Gasteiger partial charge on any atom is 0.301 e. The largest absolute Gasteiger partial charge is 0.301 e. The van der Waals surface area contributed by atoms with E-state index >= 15 is 0 Å². The van der Waals surface area contributed by atoms with Gasteiger partial charge in [-0.3, -0.25) is 9.71 Å². The summed E-state index contributed by atoms with van der Waals surface area (Å²) in [5, 5.41) is 0. The van der Waals surface area contributed by atoms with Crippen molar-refractivity contribution in [2.24, 2.45) is 5.41 Å². The minimum absolute atomic E-state index is 0.221. The smallest absolute Gasteiger partial charge is 0.269 e. The number of halogens is 1. The van der Waals surface area contributed by atoms with E-state index in [1.165, 1.54) is 4.31 Å². The zero-order chi connectivity index (χ0) is 15.0. The zero-order valence-electron chi connectivity index (χ0n) is 12.0. The summed E-state index contributed by atoms with van der Waals surface area (Å²) in [5.74, 6) is 0. The lowest BCUT2D eigenvalue weighted by atomic mass is 9.83. The molecule has 0 spiro atoms. The Morgan fingerprint density at radius 1 is 1.35 bits per heavy atom. The van der Waals surface area contributed by atoms with Gasteiger partial charge in [-0.25, -0.2) is 0 Å². The molecule has 2 rings (SSSR count).